The number of carbonyl (C=O) groups excluding carboxylic acids is 1. The molecule has 5 heteroatoms. The van der Waals surface area contributed by atoms with Crippen LogP contribution in [0.2, 0.25) is 0 Å². The number of rotatable bonds is 3. The van der Waals surface area contributed by atoms with Gasteiger partial charge in [0.05, 0.1) is 18.8 Å². The summed E-state index contributed by atoms with van der Waals surface area (Å²) in [5.74, 6) is 0.873. The molecule has 3 rings (SSSR count). The van der Waals surface area contributed by atoms with Crippen LogP contribution in [0.4, 0.5) is 5.82 Å². The van der Waals surface area contributed by atoms with Crippen molar-refractivity contribution in [2.75, 3.05) is 25.5 Å². The van der Waals surface area contributed by atoms with E-state index < -0.39 is 0 Å². The van der Waals surface area contributed by atoms with Crippen LogP contribution in [0.3, 0.4) is 0 Å². The van der Waals surface area contributed by atoms with Crippen LogP contribution in [0.25, 0.3) is 0 Å². The van der Waals surface area contributed by atoms with Crippen LogP contribution in [-0.2, 0) is 11.2 Å². The van der Waals surface area contributed by atoms with Gasteiger partial charge in [0.25, 0.3) is 5.91 Å². The molecule has 1 saturated heterocycles. The van der Waals surface area contributed by atoms with Gasteiger partial charge < -0.3 is 15.0 Å². The van der Waals surface area contributed by atoms with E-state index in [0.717, 1.165) is 42.8 Å². The van der Waals surface area contributed by atoms with Crippen LogP contribution in [0.5, 0.6) is 0 Å². The van der Waals surface area contributed by atoms with E-state index in [9.17, 15) is 4.79 Å². The first-order valence-corrected chi connectivity index (χ1v) is 7.84. The number of anilines is 1. The quantitative estimate of drug-likeness (QED) is 0.925. The molecule has 1 aliphatic heterocycles. The number of nitrogens with zero attached hydrogens (tertiary/aromatic N) is 2. The van der Waals surface area contributed by atoms with Crippen LogP contribution in [-0.4, -0.2) is 48.1 Å². The maximum atomic E-state index is 12.9. The molecule has 5 nitrogen and oxygen atoms in total. The predicted octanol–water partition coefficient (Wildman–Crippen LogP) is 2.08. The number of carbonyl (C=O) groups is 1. The summed E-state index contributed by atoms with van der Waals surface area (Å²) in [5.41, 5.74) is 1.68. The van der Waals surface area contributed by atoms with Crippen molar-refractivity contribution in [2.45, 2.75) is 44.8 Å². The third-order valence-corrected chi connectivity index (χ3v) is 4.49. The molecule has 0 bridgehead atoms. The molecule has 1 aromatic rings. The third-order valence-electron chi connectivity index (χ3n) is 4.49. The van der Waals surface area contributed by atoms with Crippen molar-refractivity contribution < 1.29 is 9.53 Å². The number of nitrogens with one attached hydrogen (secondary N) is 1. The van der Waals surface area contributed by atoms with Crippen LogP contribution in [0, 0.1) is 0 Å². The number of hydrogen-bond donors (Lipinski definition) is 1. The highest BCUT2D eigenvalue weighted by atomic mass is 16.5. The molecule has 2 heterocycles. The van der Waals surface area contributed by atoms with Crippen molar-refractivity contribution in [1.82, 2.24) is 9.88 Å². The number of morpholine rings is 1. The van der Waals surface area contributed by atoms with Gasteiger partial charge in [-0.25, -0.2) is 4.98 Å². The minimum Gasteiger partial charge on any atom is -0.374 e. The largest absolute Gasteiger partial charge is 0.374 e. The van der Waals surface area contributed by atoms with Crippen LogP contribution >= 0.6 is 0 Å². The summed E-state index contributed by atoms with van der Waals surface area (Å²) in [6.07, 6.45) is 4.34. The lowest BCUT2D eigenvalue weighted by Crippen LogP contribution is -2.51. The monoisotopic (exact) mass is 289 g/mol. The smallest absolute Gasteiger partial charge is 0.254 e. The summed E-state index contributed by atoms with van der Waals surface area (Å²) in [5, 5.41) is 3.04. The van der Waals surface area contributed by atoms with Gasteiger partial charge in [0.1, 0.15) is 5.82 Å². The number of aryl methyl sites for hydroxylation is 1. The van der Waals surface area contributed by atoms with Crippen molar-refractivity contribution in [3.8, 4) is 0 Å². The summed E-state index contributed by atoms with van der Waals surface area (Å²) < 4.78 is 5.79. The van der Waals surface area contributed by atoms with E-state index in [-0.39, 0.29) is 18.1 Å². The fourth-order valence-electron chi connectivity index (χ4n) is 3.36. The Labute approximate surface area is 125 Å². The van der Waals surface area contributed by atoms with Gasteiger partial charge in [-0.15, -0.1) is 0 Å². The second-order valence-electron chi connectivity index (χ2n) is 5.74. The van der Waals surface area contributed by atoms with Gasteiger partial charge in [-0.05, 0) is 37.8 Å². The highest BCUT2D eigenvalue weighted by Gasteiger charge is 2.38. The molecule has 2 unspecified atom stereocenters. The van der Waals surface area contributed by atoms with Gasteiger partial charge in [-0.2, -0.15) is 0 Å². The summed E-state index contributed by atoms with van der Waals surface area (Å²) in [7, 11) is 1.83. The van der Waals surface area contributed by atoms with Gasteiger partial charge in [-0.3, -0.25) is 4.79 Å². The number of amides is 1. The van der Waals surface area contributed by atoms with E-state index in [1.54, 1.807) is 0 Å². The van der Waals surface area contributed by atoms with Gasteiger partial charge in [0, 0.05) is 24.8 Å². The second kappa shape index (κ2) is 6.02. The highest BCUT2D eigenvalue weighted by Crippen LogP contribution is 2.30. The molecule has 0 radical (unpaired) electrons. The molecule has 1 N–H and O–H groups in total. The zero-order chi connectivity index (χ0) is 14.8. The van der Waals surface area contributed by atoms with E-state index in [1.807, 2.05) is 24.1 Å². The normalized spacial score (nSPS) is 24.8. The maximum Gasteiger partial charge on any atom is 0.254 e. The van der Waals surface area contributed by atoms with Gasteiger partial charge in [0.15, 0.2) is 0 Å². The summed E-state index contributed by atoms with van der Waals surface area (Å²) >= 11 is 0. The molecular formula is C16H23N3O2. The van der Waals surface area contributed by atoms with Crippen molar-refractivity contribution >= 4 is 11.7 Å². The zero-order valence-electron chi connectivity index (χ0n) is 12.8. The van der Waals surface area contributed by atoms with E-state index in [0.29, 0.717) is 13.2 Å². The molecule has 1 saturated carbocycles. The molecule has 2 atom stereocenters. The van der Waals surface area contributed by atoms with E-state index in [1.165, 1.54) is 0 Å². The number of ether oxygens (including phenoxy) is 1. The average molecular weight is 289 g/mol. The SMILES string of the molecule is CCc1cc(C(=O)N2CCOC3CCCC32)cc(NC)n1. The molecule has 1 aromatic heterocycles. The summed E-state index contributed by atoms with van der Waals surface area (Å²) in [6.45, 7) is 3.40. The van der Waals surface area contributed by atoms with E-state index in [4.69, 9.17) is 4.74 Å². The minimum atomic E-state index is 0.115. The van der Waals surface area contributed by atoms with Crippen LogP contribution in [0.1, 0.15) is 42.2 Å². The standard InChI is InChI=1S/C16H23N3O2/c1-3-12-9-11(10-15(17-2)18-12)16(20)19-7-8-21-14-6-4-5-13(14)19/h9-10,13-14H,3-8H2,1-2H3,(H,17,18). The first kappa shape index (κ1) is 14.3. The Morgan fingerprint density at radius 3 is 3.10 bits per heavy atom. The first-order chi connectivity index (χ1) is 10.2. The number of hydrogen-bond acceptors (Lipinski definition) is 4. The maximum absolute atomic E-state index is 12.9. The van der Waals surface area contributed by atoms with Crippen molar-refractivity contribution in [2.24, 2.45) is 0 Å². The molecule has 0 spiro atoms. The lowest BCUT2D eigenvalue weighted by atomic mass is 10.1. The molecular weight excluding hydrogens is 266 g/mol. The molecule has 114 valence electrons. The highest BCUT2D eigenvalue weighted by molar-refractivity contribution is 5.95. The number of aromatic nitrogens is 1. The molecule has 1 aliphatic carbocycles. The fourth-order valence-corrected chi connectivity index (χ4v) is 3.36. The van der Waals surface area contributed by atoms with Gasteiger partial charge >= 0.3 is 0 Å². The van der Waals surface area contributed by atoms with Gasteiger partial charge in [-0.1, -0.05) is 6.92 Å². The fraction of sp³-hybridized carbons (Fsp3) is 0.625. The predicted molar refractivity (Wildman–Crippen MR) is 81.6 cm³/mol. The van der Waals surface area contributed by atoms with Crippen LogP contribution in [0.15, 0.2) is 12.1 Å². The number of fused-ring (bicyclic) bond motifs is 1. The summed E-state index contributed by atoms with van der Waals surface area (Å²) in [6, 6.07) is 4.02. The average Bonchev–Trinajstić information content (AvgIpc) is 3.02. The Kier molecular flexibility index (Phi) is 4.10. The summed E-state index contributed by atoms with van der Waals surface area (Å²) in [4.78, 5) is 19.4. The topological polar surface area (TPSA) is 54.5 Å². The Hall–Kier alpha value is -1.62. The Morgan fingerprint density at radius 2 is 2.33 bits per heavy atom. The Morgan fingerprint density at radius 1 is 1.48 bits per heavy atom. The minimum absolute atomic E-state index is 0.115. The molecule has 21 heavy (non-hydrogen) atoms. The van der Waals surface area contributed by atoms with E-state index >= 15 is 0 Å². The molecule has 0 aromatic carbocycles. The zero-order valence-corrected chi connectivity index (χ0v) is 12.8. The first-order valence-electron chi connectivity index (χ1n) is 7.84. The molecule has 2 aliphatic rings. The second-order valence-corrected chi connectivity index (χ2v) is 5.74. The van der Waals surface area contributed by atoms with Crippen molar-refractivity contribution in [1.29, 1.82) is 0 Å². The van der Waals surface area contributed by atoms with Crippen LogP contribution < -0.4 is 5.32 Å². The van der Waals surface area contributed by atoms with Gasteiger partial charge in [0.2, 0.25) is 0 Å². The lowest BCUT2D eigenvalue weighted by molar-refractivity contribution is -0.0445. The van der Waals surface area contributed by atoms with Crippen molar-refractivity contribution in [3.63, 3.8) is 0 Å². The lowest BCUT2D eigenvalue weighted by Gasteiger charge is -2.37. The van der Waals surface area contributed by atoms with Crippen molar-refractivity contribution in [3.05, 3.63) is 23.4 Å². The Bertz CT molecular complexity index is 510. The number of pyridine rings is 1. The third kappa shape index (κ3) is 2.75. The Balaban J connectivity index is 1.87. The molecule has 1 amide bonds. The molecule has 2 fully saturated rings. The van der Waals surface area contributed by atoms with E-state index in [2.05, 4.69) is 17.2 Å².